The Morgan fingerprint density at radius 1 is 1.11 bits per heavy atom. The van der Waals surface area contributed by atoms with Crippen molar-refractivity contribution in [1.29, 1.82) is 0 Å². The number of rotatable bonds is 6. The number of hydrogen-bond acceptors (Lipinski definition) is 6. The van der Waals surface area contributed by atoms with E-state index in [-0.39, 0.29) is 23.0 Å². The summed E-state index contributed by atoms with van der Waals surface area (Å²) in [7, 11) is 1.43. The lowest BCUT2D eigenvalue weighted by molar-refractivity contribution is -0.131. The van der Waals surface area contributed by atoms with Gasteiger partial charge in [0.2, 0.25) is 0 Å². The van der Waals surface area contributed by atoms with Gasteiger partial charge in [0.15, 0.2) is 11.5 Å². The van der Waals surface area contributed by atoms with Crippen molar-refractivity contribution in [2.24, 2.45) is 5.92 Å². The van der Waals surface area contributed by atoms with Gasteiger partial charge in [0, 0.05) is 35.6 Å². The van der Waals surface area contributed by atoms with Crippen molar-refractivity contribution in [2.45, 2.75) is 26.2 Å². The molecule has 0 amide bonds. The minimum atomic E-state index is -1.09. The molecule has 0 bridgehead atoms. The normalized spacial score (nSPS) is 18.6. The predicted molar refractivity (Wildman–Crippen MR) is 104 cm³/mol. The summed E-state index contributed by atoms with van der Waals surface area (Å²) >= 11 is 0. The fourth-order valence-corrected chi connectivity index (χ4v) is 3.20. The highest BCUT2D eigenvalue weighted by Crippen LogP contribution is 2.44. The van der Waals surface area contributed by atoms with Gasteiger partial charge in [-0.15, -0.1) is 0 Å². The molecule has 1 aromatic rings. The monoisotopic (exact) mass is 388 g/mol. The van der Waals surface area contributed by atoms with Crippen LogP contribution in [0, 0.1) is 5.92 Å². The molecule has 0 heterocycles. The summed E-state index contributed by atoms with van der Waals surface area (Å²) in [5.74, 6) is -1.95. The summed E-state index contributed by atoms with van der Waals surface area (Å²) in [6.45, 7) is 1.81. The number of aliphatic carboxylic acids is 1. The first-order chi connectivity index (χ1) is 13.2. The van der Waals surface area contributed by atoms with Crippen LogP contribution in [0.4, 0.5) is 0 Å². The van der Waals surface area contributed by atoms with Crippen LogP contribution in [0.15, 0.2) is 53.5 Å². The Hall–Kier alpha value is -3.35. The zero-order valence-electron chi connectivity index (χ0n) is 15.7. The molecule has 0 saturated heterocycles. The van der Waals surface area contributed by atoms with E-state index in [1.165, 1.54) is 19.3 Å². The third-order valence-corrected chi connectivity index (χ3v) is 4.45. The SMILES string of the molecule is COC(C=CC(=O)O)=CC(C)=CC1CCCC(O)=C1c1cc(O)c(O)cc1O. The van der Waals surface area contributed by atoms with Crippen LogP contribution in [-0.2, 0) is 9.53 Å². The van der Waals surface area contributed by atoms with E-state index in [9.17, 15) is 25.2 Å². The molecule has 1 aliphatic rings. The van der Waals surface area contributed by atoms with Crippen LogP contribution in [0.5, 0.6) is 17.2 Å². The lowest BCUT2D eigenvalue weighted by atomic mass is 9.81. The summed E-state index contributed by atoms with van der Waals surface area (Å²) in [5.41, 5.74) is 1.50. The number of phenols is 3. The molecule has 5 N–H and O–H groups in total. The summed E-state index contributed by atoms with van der Waals surface area (Å²) in [6.07, 6.45) is 7.74. The molecule has 28 heavy (non-hydrogen) atoms. The second-order valence-electron chi connectivity index (χ2n) is 6.55. The maximum Gasteiger partial charge on any atom is 0.328 e. The van der Waals surface area contributed by atoms with Crippen LogP contribution in [0.25, 0.3) is 5.57 Å². The van der Waals surface area contributed by atoms with E-state index in [0.717, 1.165) is 24.1 Å². The number of ether oxygens (including phenoxy) is 1. The first-order valence-corrected chi connectivity index (χ1v) is 8.75. The van der Waals surface area contributed by atoms with E-state index in [1.54, 1.807) is 6.08 Å². The van der Waals surface area contributed by atoms with Crippen molar-refractivity contribution in [3.05, 3.63) is 59.1 Å². The molecule has 150 valence electrons. The summed E-state index contributed by atoms with van der Waals surface area (Å²) in [5, 5.41) is 48.7. The minimum Gasteiger partial charge on any atom is -0.512 e. The highest BCUT2D eigenvalue weighted by Gasteiger charge is 2.26. The van der Waals surface area contributed by atoms with Crippen molar-refractivity contribution in [3.63, 3.8) is 0 Å². The fourth-order valence-electron chi connectivity index (χ4n) is 3.20. The Bertz CT molecular complexity index is 875. The minimum absolute atomic E-state index is 0.113. The third kappa shape index (κ3) is 5.09. The first kappa shape index (κ1) is 21.0. The second-order valence-corrected chi connectivity index (χ2v) is 6.55. The third-order valence-electron chi connectivity index (χ3n) is 4.45. The van der Waals surface area contributed by atoms with Gasteiger partial charge >= 0.3 is 5.97 Å². The van der Waals surface area contributed by atoms with Gasteiger partial charge in [-0.3, -0.25) is 0 Å². The average molecular weight is 388 g/mol. The van der Waals surface area contributed by atoms with Crippen LogP contribution in [-0.4, -0.2) is 38.6 Å². The van der Waals surface area contributed by atoms with Crippen molar-refractivity contribution in [1.82, 2.24) is 0 Å². The molecular formula is C21H24O7. The van der Waals surface area contributed by atoms with Crippen molar-refractivity contribution in [3.8, 4) is 17.2 Å². The van der Waals surface area contributed by atoms with Crippen molar-refractivity contribution < 1.29 is 35.1 Å². The Morgan fingerprint density at radius 3 is 2.43 bits per heavy atom. The maximum absolute atomic E-state index is 10.7. The maximum atomic E-state index is 10.7. The molecule has 0 aromatic heterocycles. The van der Waals surface area contributed by atoms with Crippen molar-refractivity contribution in [2.75, 3.05) is 7.11 Å². The van der Waals surface area contributed by atoms with Crippen molar-refractivity contribution >= 4 is 11.5 Å². The van der Waals surface area contributed by atoms with E-state index in [1.807, 2.05) is 13.0 Å². The van der Waals surface area contributed by atoms with Gasteiger partial charge in [-0.2, -0.15) is 0 Å². The number of carboxylic acid groups (broad SMARTS) is 1. The van der Waals surface area contributed by atoms with Gasteiger partial charge in [0.05, 0.1) is 12.9 Å². The molecule has 1 aromatic carbocycles. The Labute approximate surface area is 162 Å². The molecule has 0 fully saturated rings. The average Bonchev–Trinajstić information content (AvgIpc) is 2.62. The van der Waals surface area contributed by atoms with Crippen LogP contribution in [0.3, 0.4) is 0 Å². The van der Waals surface area contributed by atoms with E-state index in [0.29, 0.717) is 24.2 Å². The quantitative estimate of drug-likeness (QED) is 0.164. The summed E-state index contributed by atoms with van der Waals surface area (Å²) in [6, 6.07) is 2.26. The summed E-state index contributed by atoms with van der Waals surface area (Å²) < 4.78 is 5.15. The largest absolute Gasteiger partial charge is 0.512 e. The van der Waals surface area contributed by atoms with E-state index < -0.39 is 17.5 Å². The molecule has 2 rings (SSSR count). The predicted octanol–water partition coefficient (Wildman–Crippen LogP) is 3.99. The van der Waals surface area contributed by atoms with Gasteiger partial charge in [-0.25, -0.2) is 4.79 Å². The number of carboxylic acids is 1. The molecule has 7 nitrogen and oxygen atoms in total. The molecule has 0 saturated carbocycles. The standard InChI is InChI=1S/C21H24O7/c1-12(9-14(28-2)6-7-20(26)27)8-13-4-3-5-16(22)21(13)15-10-18(24)19(25)11-17(15)23/h6-11,13,22-25H,3-5H2,1-2H3,(H,26,27). The number of hydrogen-bond donors (Lipinski definition) is 5. The first-order valence-electron chi connectivity index (χ1n) is 8.75. The second kappa shape index (κ2) is 9.03. The van der Waals surface area contributed by atoms with Crippen LogP contribution >= 0.6 is 0 Å². The fraction of sp³-hybridized carbons (Fsp3) is 0.286. The van der Waals surface area contributed by atoms with Gasteiger partial charge in [0.25, 0.3) is 0 Å². The van der Waals surface area contributed by atoms with Gasteiger partial charge < -0.3 is 30.3 Å². The molecule has 1 atom stereocenters. The Balaban J connectivity index is 2.43. The lowest BCUT2D eigenvalue weighted by Gasteiger charge is -2.25. The van der Waals surface area contributed by atoms with Crippen LogP contribution in [0.1, 0.15) is 31.7 Å². The number of allylic oxidation sites excluding steroid dienone is 6. The van der Waals surface area contributed by atoms with Gasteiger partial charge in [-0.1, -0.05) is 11.6 Å². The highest BCUT2D eigenvalue weighted by atomic mass is 16.5. The smallest absolute Gasteiger partial charge is 0.328 e. The number of aliphatic hydroxyl groups is 1. The molecule has 7 heteroatoms. The van der Waals surface area contributed by atoms with Gasteiger partial charge in [-0.05, 0) is 38.0 Å². The van der Waals surface area contributed by atoms with Gasteiger partial charge in [0.1, 0.15) is 11.5 Å². The Kier molecular flexibility index (Phi) is 6.76. The number of carbonyl (C=O) groups is 1. The zero-order chi connectivity index (χ0) is 20.8. The van der Waals surface area contributed by atoms with E-state index in [4.69, 9.17) is 9.84 Å². The van der Waals surface area contributed by atoms with E-state index >= 15 is 0 Å². The van der Waals surface area contributed by atoms with Crippen LogP contribution < -0.4 is 0 Å². The molecular weight excluding hydrogens is 364 g/mol. The highest BCUT2D eigenvalue weighted by molar-refractivity contribution is 5.80. The van der Waals surface area contributed by atoms with E-state index in [2.05, 4.69) is 0 Å². The molecule has 1 aliphatic carbocycles. The number of methoxy groups -OCH3 is 1. The lowest BCUT2D eigenvalue weighted by Crippen LogP contribution is -2.10. The topological polar surface area (TPSA) is 127 Å². The number of aromatic hydroxyl groups is 3. The van der Waals surface area contributed by atoms with Crippen LogP contribution in [0.2, 0.25) is 0 Å². The molecule has 1 unspecified atom stereocenters. The molecule has 0 radical (unpaired) electrons. The molecule has 0 spiro atoms. The number of aliphatic hydroxyl groups excluding tert-OH is 1. The zero-order valence-corrected chi connectivity index (χ0v) is 15.7. The number of benzene rings is 1. The molecule has 0 aliphatic heterocycles. The number of phenolic OH excluding ortho intramolecular Hbond substituents is 3. The Morgan fingerprint density at radius 2 is 1.79 bits per heavy atom. The summed E-state index contributed by atoms with van der Waals surface area (Å²) in [4.78, 5) is 10.7.